The van der Waals surface area contributed by atoms with Crippen molar-refractivity contribution in [2.45, 2.75) is 12.7 Å². The number of alkyl halides is 3. The fourth-order valence-electron chi connectivity index (χ4n) is 2.40. The third-order valence-corrected chi connectivity index (χ3v) is 3.70. The Bertz CT molecular complexity index is 1040. The van der Waals surface area contributed by atoms with Crippen molar-refractivity contribution in [3.05, 3.63) is 52.2 Å². The Labute approximate surface area is 154 Å². The van der Waals surface area contributed by atoms with Crippen molar-refractivity contribution in [3.8, 4) is 5.88 Å². The Morgan fingerprint density at radius 3 is 2.81 bits per heavy atom. The number of aromatic nitrogens is 3. The number of amides is 1. The van der Waals surface area contributed by atoms with E-state index in [4.69, 9.17) is 12.2 Å². The summed E-state index contributed by atoms with van der Waals surface area (Å²) in [6.07, 6.45) is -3.25. The van der Waals surface area contributed by atoms with Crippen molar-refractivity contribution >= 4 is 29.2 Å². The van der Waals surface area contributed by atoms with E-state index in [9.17, 15) is 22.4 Å². The number of imidazole rings is 1. The van der Waals surface area contributed by atoms with Crippen LogP contribution in [0.2, 0.25) is 0 Å². The maximum atomic E-state index is 13.7. The molecule has 0 aliphatic heterocycles. The minimum Gasteiger partial charge on any atom is -0.468 e. The Hall–Kier alpha value is -2.95. The molecule has 1 amide bonds. The molecule has 0 spiro atoms. The second kappa shape index (κ2) is 7.35. The highest BCUT2D eigenvalue weighted by atomic mass is 32.1. The zero-order chi connectivity index (χ0) is 19.6. The molecule has 3 N–H and O–H groups in total. The number of pyridine rings is 1. The maximum Gasteiger partial charge on any atom is 0.422 e. The average molecular weight is 400 g/mol. The first-order valence-electron chi connectivity index (χ1n) is 7.56. The summed E-state index contributed by atoms with van der Waals surface area (Å²) >= 11 is 4.94. The van der Waals surface area contributed by atoms with Gasteiger partial charge < -0.3 is 20.0 Å². The second-order valence-electron chi connectivity index (χ2n) is 5.51. The fourth-order valence-corrected chi connectivity index (χ4v) is 2.61. The second-order valence-corrected chi connectivity index (χ2v) is 5.92. The molecule has 0 saturated carbocycles. The van der Waals surface area contributed by atoms with E-state index in [1.807, 2.05) is 0 Å². The van der Waals surface area contributed by atoms with Crippen molar-refractivity contribution in [2.24, 2.45) is 0 Å². The van der Waals surface area contributed by atoms with Crippen molar-refractivity contribution in [3.63, 3.8) is 0 Å². The molecular weight excluding hydrogens is 388 g/mol. The van der Waals surface area contributed by atoms with E-state index in [-0.39, 0.29) is 28.3 Å². The number of halogens is 4. The van der Waals surface area contributed by atoms with Gasteiger partial charge in [0.1, 0.15) is 5.82 Å². The molecule has 6 nitrogen and oxygen atoms in total. The summed E-state index contributed by atoms with van der Waals surface area (Å²) in [6, 6.07) is 5.17. The van der Waals surface area contributed by atoms with Crippen molar-refractivity contribution < 1.29 is 27.1 Å². The predicted octanol–water partition coefficient (Wildman–Crippen LogP) is 3.63. The highest BCUT2D eigenvalue weighted by molar-refractivity contribution is 7.71. The van der Waals surface area contributed by atoms with Crippen LogP contribution >= 0.6 is 12.2 Å². The van der Waals surface area contributed by atoms with Gasteiger partial charge >= 0.3 is 6.18 Å². The molecule has 0 unspecified atom stereocenters. The van der Waals surface area contributed by atoms with Gasteiger partial charge in [-0.3, -0.25) is 4.79 Å². The topological polar surface area (TPSA) is 82.8 Å². The lowest BCUT2D eigenvalue weighted by Gasteiger charge is -2.12. The lowest BCUT2D eigenvalue weighted by Crippen LogP contribution is -2.25. The SMILES string of the molecule is O=C(NCc1cccnc1OCC(F)(F)F)c1cc(F)cc2[nH]c(=S)[nH]c12. The first-order valence-corrected chi connectivity index (χ1v) is 7.97. The zero-order valence-corrected chi connectivity index (χ0v) is 14.3. The molecule has 0 radical (unpaired) electrons. The zero-order valence-electron chi connectivity index (χ0n) is 13.5. The highest BCUT2D eigenvalue weighted by Gasteiger charge is 2.29. The third-order valence-electron chi connectivity index (χ3n) is 3.50. The number of nitrogens with one attached hydrogen (secondary N) is 3. The molecular formula is C16H12F4N4O2S. The fraction of sp³-hybridized carbons (Fsp3) is 0.188. The number of carbonyl (C=O) groups is 1. The number of nitrogens with zero attached hydrogens (tertiary/aromatic N) is 1. The van der Waals surface area contributed by atoms with Gasteiger partial charge in [0.2, 0.25) is 5.88 Å². The van der Waals surface area contributed by atoms with Crippen LogP contribution in [-0.2, 0) is 6.54 Å². The lowest BCUT2D eigenvalue weighted by atomic mass is 10.1. The smallest absolute Gasteiger partial charge is 0.422 e. The van der Waals surface area contributed by atoms with E-state index in [0.29, 0.717) is 11.0 Å². The molecule has 0 atom stereocenters. The van der Waals surface area contributed by atoms with E-state index in [2.05, 4.69) is 25.0 Å². The van der Waals surface area contributed by atoms with Gasteiger partial charge in [-0.15, -0.1) is 0 Å². The van der Waals surface area contributed by atoms with E-state index >= 15 is 0 Å². The summed E-state index contributed by atoms with van der Waals surface area (Å²) in [7, 11) is 0. The number of hydrogen-bond acceptors (Lipinski definition) is 4. The largest absolute Gasteiger partial charge is 0.468 e. The number of aromatic amines is 2. The monoisotopic (exact) mass is 400 g/mol. The van der Waals surface area contributed by atoms with Gasteiger partial charge in [-0.25, -0.2) is 9.37 Å². The minimum atomic E-state index is -4.52. The summed E-state index contributed by atoms with van der Waals surface area (Å²) < 4.78 is 55.6. The van der Waals surface area contributed by atoms with Gasteiger partial charge in [0, 0.05) is 18.3 Å². The van der Waals surface area contributed by atoms with E-state index in [0.717, 1.165) is 6.07 Å². The van der Waals surface area contributed by atoms with Gasteiger partial charge in [-0.2, -0.15) is 13.2 Å². The van der Waals surface area contributed by atoms with Crippen LogP contribution in [0.3, 0.4) is 0 Å². The molecule has 11 heteroatoms. The molecule has 142 valence electrons. The molecule has 27 heavy (non-hydrogen) atoms. The molecule has 0 saturated heterocycles. The van der Waals surface area contributed by atoms with Gasteiger partial charge in [0.25, 0.3) is 5.91 Å². The van der Waals surface area contributed by atoms with E-state index in [1.165, 1.54) is 24.4 Å². The first-order chi connectivity index (χ1) is 12.7. The van der Waals surface area contributed by atoms with E-state index in [1.54, 1.807) is 0 Å². The van der Waals surface area contributed by atoms with Crippen molar-refractivity contribution in [1.29, 1.82) is 0 Å². The van der Waals surface area contributed by atoms with Crippen LogP contribution in [0.25, 0.3) is 11.0 Å². The molecule has 0 aliphatic carbocycles. The van der Waals surface area contributed by atoms with Gasteiger partial charge in [0.15, 0.2) is 11.4 Å². The first kappa shape index (κ1) is 18.8. The van der Waals surface area contributed by atoms with Gasteiger partial charge in [-0.05, 0) is 30.4 Å². The van der Waals surface area contributed by atoms with Crippen LogP contribution in [0, 0.1) is 10.6 Å². The van der Waals surface area contributed by atoms with Crippen LogP contribution in [0.15, 0.2) is 30.5 Å². The molecule has 0 fully saturated rings. The number of benzene rings is 1. The quantitative estimate of drug-likeness (QED) is 0.451. The standard InChI is InChI=1S/C16H12F4N4O2S/c17-9-4-10(12-11(5-9)23-15(27)24-12)13(25)22-6-8-2-1-3-21-14(8)26-7-16(18,19)20/h1-5H,6-7H2,(H,22,25)(H2,23,24,27). The van der Waals surface area contributed by atoms with Crippen LogP contribution in [-0.4, -0.2) is 33.6 Å². The van der Waals surface area contributed by atoms with Crippen LogP contribution < -0.4 is 10.1 Å². The maximum absolute atomic E-state index is 13.7. The Morgan fingerprint density at radius 2 is 2.07 bits per heavy atom. The Kier molecular flexibility index (Phi) is 5.13. The molecule has 0 aliphatic rings. The summed E-state index contributed by atoms with van der Waals surface area (Å²) in [6.45, 7) is -1.67. The summed E-state index contributed by atoms with van der Waals surface area (Å²) in [5.74, 6) is -1.54. The predicted molar refractivity (Wildman–Crippen MR) is 90.4 cm³/mol. The molecule has 3 rings (SSSR count). The summed E-state index contributed by atoms with van der Waals surface area (Å²) in [5.41, 5.74) is 0.878. The summed E-state index contributed by atoms with van der Waals surface area (Å²) in [5, 5.41) is 2.51. The lowest BCUT2D eigenvalue weighted by molar-refractivity contribution is -0.154. The number of H-pyrrole nitrogens is 2. The van der Waals surface area contributed by atoms with Crippen molar-refractivity contribution in [1.82, 2.24) is 20.3 Å². The summed E-state index contributed by atoms with van der Waals surface area (Å²) in [4.78, 5) is 21.6. The molecule has 0 bridgehead atoms. The van der Waals surface area contributed by atoms with Crippen molar-refractivity contribution in [2.75, 3.05) is 6.61 Å². The number of carbonyl (C=O) groups excluding carboxylic acids is 1. The minimum absolute atomic E-state index is 0.000926. The van der Waals surface area contributed by atoms with Gasteiger partial charge in [-0.1, -0.05) is 6.07 Å². The molecule has 3 aromatic rings. The van der Waals surface area contributed by atoms with Crippen LogP contribution in [0.1, 0.15) is 15.9 Å². The number of fused-ring (bicyclic) bond motifs is 1. The Morgan fingerprint density at radius 1 is 1.30 bits per heavy atom. The van der Waals surface area contributed by atoms with Crippen LogP contribution in [0.5, 0.6) is 5.88 Å². The van der Waals surface area contributed by atoms with E-state index < -0.39 is 24.5 Å². The van der Waals surface area contributed by atoms with Crippen LogP contribution in [0.4, 0.5) is 17.6 Å². The number of hydrogen-bond donors (Lipinski definition) is 3. The number of ether oxygens (including phenoxy) is 1. The molecule has 2 aromatic heterocycles. The number of rotatable bonds is 5. The Balaban J connectivity index is 1.78. The van der Waals surface area contributed by atoms with Gasteiger partial charge in [0.05, 0.1) is 16.6 Å². The molecule has 1 aromatic carbocycles. The third kappa shape index (κ3) is 4.61. The molecule has 2 heterocycles. The highest BCUT2D eigenvalue weighted by Crippen LogP contribution is 2.21. The normalized spacial score (nSPS) is 11.6. The average Bonchev–Trinajstić information content (AvgIpc) is 2.97.